The van der Waals surface area contributed by atoms with Crippen molar-refractivity contribution in [2.24, 2.45) is 5.41 Å². The first-order valence-corrected chi connectivity index (χ1v) is 5.98. The van der Waals surface area contributed by atoms with Crippen LogP contribution in [0.2, 0.25) is 0 Å². The molecule has 0 radical (unpaired) electrons. The fraction of sp³-hybridized carbons (Fsp3) is 0.818. The summed E-state index contributed by atoms with van der Waals surface area (Å²) < 4.78 is 0. The molecule has 15 heavy (non-hydrogen) atoms. The average molecular weight is 232 g/mol. The van der Waals surface area contributed by atoms with E-state index in [9.17, 15) is 9.59 Å². The second-order valence-corrected chi connectivity index (χ2v) is 4.65. The normalized spacial score (nSPS) is 25.1. The Balaban J connectivity index is 2.98. The molecule has 0 aliphatic carbocycles. The zero-order valence-corrected chi connectivity index (χ0v) is 10.1. The van der Waals surface area contributed by atoms with Crippen LogP contribution < -0.4 is 5.32 Å². The number of hydrogen-bond donors (Lipinski definition) is 1. The Morgan fingerprint density at radius 3 is 2.33 bits per heavy atom. The van der Waals surface area contributed by atoms with E-state index >= 15 is 0 Å². The van der Waals surface area contributed by atoms with Crippen molar-refractivity contribution in [1.29, 1.82) is 0 Å². The van der Waals surface area contributed by atoms with E-state index in [0.29, 0.717) is 12.8 Å². The van der Waals surface area contributed by atoms with Gasteiger partial charge in [0.2, 0.25) is 5.91 Å². The molecule has 3 nitrogen and oxygen atoms in total. The van der Waals surface area contributed by atoms with Crippen LogP contribution in [0.4, 0.5) is 0 Å². The van der Waals surface area contributed by atoms with Gasteiger partial charge in [-0.2, -0.15) is 0 Å². The van der Waals surface area contributed by atoms with Crippen LogP contribution in [0.15, 0.2) is 0 Å². The van der Waals surface area contributed by atoms with Crippen LogP contribution in [0.25, 0.3) is 0 Å². The second-order valence-electron chi connectivity index (χ2n) is 4.12. The van der Waals surface area contributed by atoms with E-state index in [2.05, 4.69) is 5.32 Å². The molecule has 0 saturated carbocycles. The molecule has 1 fully saturated rings. The monoisotopic (exact) mass is 231 g/mol. The SMILES string of the molecule is CCCC1(CCC)C(=O)NCC(Cl)C1=O. The van der Waals surface area contributed by atoms with Crippen LogP contribution in [0, 0.1) is 5.41 Å². The average Bonchev–Trinajstić information content (AvgIpc) is 2.22. The van der Waals surface area contributed by atoms with Crippen LogP contribution in [0.1, 0.15) is 39.5 Å². The lowest BCUT2D eigenvalue weighted by Crippen LogP contribution is -2.57. The van der Waals surface area contributed by atoms with Gasteiger partial charge in [0.05, 0.1) is 0 Å². The van der Waals surface area contributed by atoms with Crippen molar-refractivity contribution >= 4 is 23.3 Å². The first-order chi connectivity index (χ1) is 7.08. The van der Waals surface area contributed by atoms with Gasteiger partial charge in [-0.3, -0.25) is 9.59 Å². The molecular formula is C11H18ClNO2. The summed E-state index contributed by atoms with van der Waals surface area (Å²) in [6.07, 6.45) is 2.86. The lowest BCUT2D eigenvalue weighted by Gasteiger charge is -2.36. The fourth-order valence-corrected chi connectivity index (χ4v) is 2.59. The maximum absolute atomic E-state index is 12.0. The van der Waals surface area contributed by atoms with E-state index in [-0.39, 0.29) is 18.2 Å². The molecule has 86 valence electrons. The van der Waals surface area contributed by atoms with Gasteiger partial charge < -0.3 is 5.32 Å². The highest BCUT2D eigenvalue weighted by Gasteiger charge is 2.49. The summed E-state index contributed by atoms with van der Waals surface area (Å²) in [6, 6.07) is 0. The highest BCUT2D eigenvalue weighted by atomic mass is 35.5. The van der Waals surface area contributed by atoms with Crippen molar-refractivity contribution in [3.8, 4) is 0 Å². The molecular weight excluding hydrogens is 214 g/mol. The Hall–Kier alpha value is -0.570. The first kappa shape index (κ1) is 12.5. The van der Waals surface area contributed by atoms with E-state index in [1.807, 2.05) is 13.8 Å². The third kappa shape index (κ3) is 2.17. The van der Waals surface area contributed by atoms with Gasteiger partial charge in [0, 0.05) is 6.54 Å². The van der Waals surface area contributed by atoms with Gasteiger partial charge >= 0.3 is 0 Å². The minimum absolute atomic E-state index is 0.0865. The number of carbonyl (C=O) groups is 2. The zero-order valence-electron chi connectivity index (χ0n) is 9.31. The van der Waals surface area contributed by atoms with Gasteiger partial charge in [0.15, 0.2) is 5.78 Å². The van der Waals surface area contributed by atoms with Crippen LogP contribution in [0.3, 0.4) is 0 Å². The summed E-state index contributed by atoms with van der Waals surface area (Å²) in [4.78, 5) is 23.9. The number of halogens is 1. The topological polar surface area (TPSA) is 46.2 Å². The van der Waals surface area contributed by atoms with Gasteiger partial charge in [-0.25, -0.2) is 0 Å². The summed E-state index contributed by atoms with van der Waals surface area (Å²) in [5.74, 6) is -0.218. The van der Waals surface area contributed by atoms with Gasteiger partial charge in [-0.1, -0.05) is 26.7 Å². The minimum atomic E-state index is -0.853. The highest BCUT2D eigenvalue weighted by Crippen LogP contribution is 2.35. The van der Waals surface area contributed by atoms with Crippen molar-refractivity contribution in [1.82, 2.24) is 5.32 Å². The molecule has 0 spiro atoms. The van der Waals surface area contributed by atoms with Gasteiger partial charge in [-0.05, 0) is 12.8 Å². The summed E-state index contributed by atoms with van der Waals surface area (Å²) in [6.45, 7) is 4.24. The van der Waals surface area contributed by atoms with E-state index in [0.717, 1.165) is 12.8 Å². The van der Waals surface area contributed by atoms with Crippen molar-refractivity contribution in [2.45, 2.75) is 44.9 Å². The van der Waals surface area contributed by atoms with Crippen LogP contribution in [-0.2, 0) is 9.59 Å². The van der Waals surface area contributed by atoms with E-state index in [4.69, 9.17) is 11.6 Å². The van der Waals surface area contributed by atoms with Crippen molar-refractivity contribution < 1.29 is 9.59 Å². The number of Topliss-reactive ketones (excluding diaryl/α,β-unsaturated/α-hetero) is 1. The molecule has 0 bridgehead atoms. The fourth-order valence-electron chi connectivity index (χ4n) is 2.31. The molecule has 1 aliphatic rings. The predicted molar refractivity (Wildman–Crippen MR) is 59.9 cm³/mol. The molecule has 0 aromatic carbocycles. The summed E-state index contributed by atoms with van der Waals surface area (Å²) in [5, 5.41) is 2.18. The summed E-state index contributed by atoms with van der Waals surface area (Å²) in [5.41, 5.74) is -0.853. The van der Waals surface area contributed by atoms with E-state index in [1.54, 1.807) is 0 Å². The molecule has 4 heteroatoms. The smallest absolute Gasteiger partial charge is 0.233 e. The predicted octanol–water partition coefficient (Wildman–Crippen LogP) is 1.88. The van der Waals surface area contributed by atoms with Gasteiger partial charge in [0.1, 0.15) is 10.8 Å². The summed E-state index contributed by atoms with van der Waals surface area (Å²) in [7, 11) is 0. The van der Waals surface area contributed by atoms with E-state index in [1.165, 1.54) is 0 Å². The van der Waals surface area contributed by atoms with Gasteiger partial charge in [-0.15, -0.1) is 11.6 Å². The Bertz CT molecular complexity index is 259. The quantitative estimate of drug-likeness (QED) is 0.593. The van der Waals surface area contributed by atoms with Crippen LogP contribution in [-0.4, -0.2) is 23.6 Å². The molecule has 1 rings (SSSR count). The third-order valence-electron chi connectivity index (χ3n) is 2.99. The summed E-state index contributed by atoms with van der Waals surface area (Å²) >= 11 is 5.92. The maximum atomic E-state index is 12.0. The second kappa shape index (κ2) is 4.97. The first-order valence-electron chi connectivity index (χ1n) is 5.55. The van der Waals surface area contributed by atoms with Crippen molar-refractivity contribution in [3.05, 3.63) is 0 Å². The molecule has 0 aromatic rings. The lowest BCUT2D eigenvalue weighted by atomic mass is 9.72. The number of amides is 1. The lowest BCUT2D eigenvalue weighted by molar-refractivity contribution is -0.146. The maximum Gasteiger partial charge on any atom is 0.233 e. The Morgan fingerprint density at radius 2 is 1.87 bits per heavy atom. The molecule has 1 saturated heterocycles. The molecule has 0 aromatic heterocycles. The number of ketones is 1. The molecule has 1 N–H and O–H groups in total. The largest absolute Gasteiger partial charge is 0.353 e. The molecule has 1 amide bonds. The molecule has 1 heterocycles. The Morgan fingerprint density at radius 1 is 1.33 bits per heavy atom. The van der Waals surface area contributed by atoms with Crippen molar-refractivity contribution in [2.75, 3.05) is 6.54 Å². The zero-order chi connectivity index (χ0) is 11.5. The molecule has 1 atom stereocenters. The standard InChI is InChI=1S/C11H18ClNO2/c1-3-5-11(6-4-2)9(14)8(12)7-13-10(11)15/h8H,3-7H2,1-2H3,(H,13,15). The number of rotatable bonds is 4. The number of nitrogens with one attached hydrogen (secondary N) is 1. The highest BCUT2D eigenvalue weighted by molar-refractivity contribution is 6.35. The molecule has 1 aliphatic heterocycles. The Kier molecular flexibility index (Phi) is 4.14. The third-order valence-corrected chi connectivity index (χ3v) is 3.34. The Labute approximate surface area is 95.6 Å². The van der Waals surface area contributed by atoms with Gasteiger partial charge in [0.25, 0.3) is 0 Å². The number of alkyl halides is 1. The minimum Gasteiger partial charge on any atom is -0.353 e. The number of carbonyl (C=O) groups excluding carboxylic acids is 2. The van der Waals surface area contributed by atoms with Crippen LogP contribution in [0.5, 0.6) is 0 Å². The van der Waals surface area contributed by atoms with Crippen LogP contribution >= 0.6 is 11.6 Å². The van der Waals surface area contributed by atoms with Crippen molar-refractivity contribution in [3.63, 3.8) is 0 Å². The number of hydrogen-bond acceptors (Lipinski definition) is 2. The van der Waals surface area contributed by atoms with E-state index < -0.39 is 10.8 Å². The molecule has 1 unspecified atom stereocenters. The number of piperidine rings is 1.